The van der Waals surface area contributed by atoms with E-state index >= 15 is 0 Å². The Labute approximate surface area is 154 Å². The fourth-order valence-corrected chi connectivity index (χ4v) is 5.06. The third kappa shape index (κ3) is 3.54. The van der Waals surface area contributed by atoms with Crippen LogP contribution in [0.1, 0.15) is 16.7 Å². The summed E-state index contributed by atoms with van der Waals surface area (Å²) in [7, 11) is -8.20. The minimum atomic E-state index is -4.68. The highest BCUT2D eigenvalue weighted by molar-refractivity contribution is 7.92. The number of sulfonamides is 2. The highest BCUT2D eigenvalue weighted by atomic mass is 32.2. The van der Waals surface area contributed by atoms with E-state index in [2.05, 4.69) is 0 Å². The summed E-state index contributed by atoms with van der Waals surface area (Å²) in [6.07, 6.45) is -4.46. The Hall–Kier alpha value is -2.11. The van der Waals surface area contributed by atoms with Crippen molar-refractivity contribution in [3.8, 4) is 0 Å². The Morgan fingerprint density at radius 3 is 2.22 bits per heavy atom. The van der Waals surface area contributed by atoms with Crippen LogP contribution in [0.4, 0.5) is 18.9 Å². The van der Waals surface area contributed by atoms with Crippen molar-refractivity contribution in [2.75, 3.05) is 10.8 Å². The monoisotopic (exact) mass is 420 g/mol. The number of nitrogens with zero attached hydrogens (tertiary/aromatic N) is 1. The molecular weight excluding hydrogens is 405 g/mol. The number of rotatable bonds is 3. The summed E-state index contributed by atoms with van der Waals surface area (Å²) in [6.45, 7) is 1.24. The number of benzene rings is 2. The molecule has 0 saturated heterocycles. The number of nitrogens with two attached hydrogens (primary N) is 1. The number of aryl methyl sites for hydroxylation is 1. The van der Waals surface area contributed by atoms with Crippen molar-refractivity contribution in [2.24, 2.45) is 5.14 Å². The Balaban J connectivity index is 2.07. The lowest BCUT2D eigenvalue weighted by molar-refractivity contribution is -0.138. The molecule has 0 fully saturated rings. The van der Waals surface area contributed by atoms with Crippen LogP contribution in [-0.4, -0.2) is 23.4 Å². The number of anilines is 1. The van der Waals surface area contributed by atoms with Crippen LogP contribution >= 0.6 is 0 Å². The molecule has 6 nitrogen and oxygen atoms in total. The molecule has 2 aromatic rings. The number of alkyl halides is 3. The summed E-state index contributed by atoms with van der Waals surface area (Å²) < 4.78 is 88.9. The van der Waals surface area contributed by atoms with Crippen LogP contribution < -0.4 is 9.44 Å². The van der Waals surface area contributed by atoms with Crippen LogP contribution in [0.3, 0.4) is 0 Å². The average Bonchev–Trinajstić information content (AvgIpc) is 2.97. The van der Waals surface area contributed by atoms with Gasteiger partial charge in [-0.25, -0.2) is 22.0 Å². The van der Waals surface area contributed by atoms with E-state index in [1.165, 1.54) is 19.1 Å². The van der Waals surface area contributed by atoms with E-state index in [-0.39, 0.29) is 29.1 Å². The van der Waals surface area contributed by atoms with Crippen molar-refractivity contribution in [3.63, 3.8) is 0 Å². The molecule has 27 heavy (non-hydrogen) atoms. The molecule has 11 heteroatoms. The number of halogens is 3. The molecule has 0 amide bonds. The van der Waals surface area contributed by atoms with Gasteiger partial charge in [0.2, 0.25) is 10.0 Å². The summed E-state index contributed by atoms with van der Waals surface area (Å²) in [5.41, 5.74) is -0.446. The van der Waals surface area contributed by atoms with Gasteiger partial charge in [0.1, 0.15) is 0 Å². The smallest absolute Gasteiger partial charge is 0.266 e. The van der Waals surface area contributed by atoms with Gasteiger partial charge in [0.25, 0.3) is 10.0 Å². The van der Waals surface area contributed by atoms with Gasteiger partial charge in [0, 0.05) is 6.54 Å². The molecule has 1 heterocycles. The van der Waals surface area contributed by atoms with E-state index < -0.39 is 36.7 Å². The quantitative estimate of drug-likeness (QED) is 0.825. The first-order valence-electron chi connectivity index (χ1n) is 7.68. The molecule has 0 spiro atoms. The SMILES string of the molecule is Cc1ccc(S(=O)(=O)N2CCc3cc(S(N)(=O)=O)ccc32)cc1C(F)(F)F. The van der Waals surface area contributed by atoms with E-state index in [1.807, 2.05) is 0 Å². The van der Waals surface area contributed by atoms with Gasteiger partial charge < -0.3 is 0 Å². The number of fused-ring (bicyclic) bond motifs is 1. The molecule has 0 saturated carbocycles. The van der Waals surface area contributed by atoms with Crippen molar-refractivity contribution in [1.29, 1.82) is 0 Å². The second kappa shape index (κ2) is 6.21. The minimum absolute atomic E-state index is 0.0129. The predicted octanol–water partition coefficient (Wildman–Crippen LogP) is 2.41. The van der Waals surface area contributed by atoms with Crippen LogP contribution in [0.2, 0.25) is 0 Å². The predicted molar refractivity (Wildman–Crippen MR) is 92.2 cm³/mol. The van der Waals surface area contributed by atoms with Crippen molar-refractivity contribution in [1.82, 2.24) is 0 Å². The zero-order valence-corrected chi connectivity index (χ0v) is 15.6. The standard InChI is InChI=1S/C16H15F3N2O4S2/c1-10-2-3-13(9-14(10)16(17,18)19)27(24,25)21-7-6-11-8-12(26(20,22)23)4-5-15(11)21/h2-5,8-9H,6-7H2,1H3,(H2,20,22,23). The van der Waals surface area contributed by atoms with Gasteiger partial charge in [-0.15, -0.1) is 0 Å². The molecule has 2 aromatic carbocycles. The van der Waals surface area contributed by atoms with E-state index in [9.17, 15) is 30.0 Å². The highest BCUT2D eigenvalue weighted by Gasteiger charge is 2.36. The van der Waals surface area contributed by atoms with Crippen LogP contribution in [0.15, 0.2) is 46.2 Å². The lowest BCUT2D eigenvalue weighted by Crippen LogP contribution is -2.29. The zero-order valence-electron chi connectivity index (χ0n) is 14.0. The van der Waals surface area contributed by atoms with E-state index in [0.29, 0.717) is 11.6 Å². The summed E-state index contributed by atoms with van der Waals surface area (Å²) in [5.74, 6) is 0. The molecular formula is C16H15F3N2O4S2. The Morgan fingerprint density at radius 1 is 1.00 bits per heavy atom. The molecule has 3 rings (SSSR count). The third-order valence-electron chi connectivity index (χ3n) is 4.33. The van der Waals surface area contributed by atoms with Crippen molar-refractivity contribution < 1.29 is 30.0 Å². The van der Waals surface area contributed by atoms with Gasteiger partial charge >= 0.3 is 6.18 Å². The minimum Gasteiger partial charge on any atom is -0.266 e. The topological polar surface area (TPSA) is 97.5 Å². The second-order valence-electron chi connectivity index (χ2n) is 6.14. The molecule has 146 valence electrons. The lowest BCUT2D eigenvalue weighted by Gasteiger charge is -2.21. The molecule has 2 N–H and O–H groups in total. The average molecular weight is 420 g/mol. The molecule has 1 aliphatic heterocycles. The first-order valence-corrected chi connectivity index (χ1v) is 10.7. The van der Waals surface area contributed by atoms with Crippen LogP contribution in [0.5, 0.6) is 0 Å². The van der Waals surface area contributed by atoms with Crippen LogP contribution in [0.25, 0.3) is 0 Å². The van der Waals surface area contributed by atoms with E-state index in [1.54, 1.807) is 0 Å². The van der Waals surface area contributed by atoms with Gasteiger partial charge in [0.15, 0.2) is 0 Å². The maximum atomic E-state index is 13.1. The van der Waals surface area contributed by atoms with Gasteiger partial charge in [-0.1, -0.05) is 6.07 Å². The first kappa shape index (κ1) is 19.6. The third-order valence-corrected chi connectivity index (χ3v) is 7.06. The van der Waals surface area contributed by atoms with Crippen LogP contribution in [-0.2, 0) is 32.6 Å². The normalized spacial score (nSPS) is 15.1. The summed E-state index contributed by atoms with van der Waals surface area (Å²) in [6, 6.07) is 6.57. The van der Waals surface area contributed by atoms with Crippen molar-refractivity contribution >= 4 is 25.7 Å². The van der Waals surface area contributed by atoms with Gasteiger partial charge in [0.05, 0.1) is 21.0 Å². The summed E-state index contributed by atoms with van der Waals surface area (Å²) in [4.78, 5) is -0.640. The van der Waals surface area contributed by atoms with E-state index in [4.69, 9.17) is 5.14 Å². The van der Waals surface area contributed by atoms with Crippen molar-refractivity contribution in [3.05, 3.63) is 53.1 Å². The molecule has 0 aromatic heterocycles. The molecule has 0 atom stereocenters. The Morgan fingerprint density at radius 2 is 1.63 bits per heavy atom. The van der Waals surface area contributed by atoms with Gasteiger partial charge in [-0.2, -0.15) is 13.2 Å². The lowest BCUT2D eigenvalue weighted by atomic mass is 10.1. The maximum Gasteiger partial charge on any atom is 0.416 e. The molecule has 0 aliphatic carbocycles. The van der Waals surface area contributed by atoms with E-state index in [0.717, 1.165) is 22.5 Å². The fraction of sp³-hybridized carbons (Fsp3) is 0.250. The van der Waals surface area contributed by atoms with Gasteiger partial charge in [-0.3, -0.25) is 4.31 Å². The number of hydrogen-bond acceptors (Lipinski definition) is 4. The van der Waals surface area contributed by atoms with Crippen LogP contribution in [0, 0.1) is 6.92 Å². The summed E-state index contributed by atoms with van der Waals surface area (Å²) >= 11 is 0. The second-order valence-corrected chi connectivity index (χ2v) is 9.56. The zero-order chi connectivity index (χ0) is 20.2. The number of hydrogen-bond donors (Lipinski definition) is 1. The highest BCUT2D eigenvalue weighted by Crippen LogP contribution is 2.37. The Bertz CT molecular complexity index is 1130. The first-order chi connectivity index (χ1) is 12.3. The van der Waals surface area contributed by atoms with Gasteiger partial charge in [-0.05, 0) is 54.8 Å². The summed E-state index contributed by atoms with van der Waals surface area (Å²) in [5, 5.41) is 5.07. The number of primary sulfonamides is 1. The largest absolute Gasteiger partial charge is 0.416 e. The molecule has 0 bridgehead atoms. The Kier molecular flexibility index (Phi) is 4.52. The maximum absolute atomic E-state index is 13.1. The molecule has 0 unspecified atom stereocenters. The molecule has 0 radical (unpaired) electrons. The fourth-order valence-electron chi connectivity index (χ4n) is 2.97. The van der Waals surface area contributed by atoms with Crippen molar-refractivity contribution in [2.45, 2.75) is 29.3 Å². The molecule has 1 aliphatic rings.